The van der Waals surface area contributed by atoms with Gasteiger partial charge in [-0.3, -0.25) is 0 Å². The summed E-state index contributed by atoms with van der Waals surface area (Å²) in [5, 5.41) is 10.7. The van der Waals surface area contributed by atoms with E-state index in [0.717, 1.165) is 30.4 Å². The molecular weight excluding hydrogens is 324 g/mol. The summed E-state index contributed by atoms with van der Waals surface area (Å²) in [7, 11) is 0. The van der Waals surface area contributed by atoms with Crippen molar-refractivity contribution in [3.8, 4) is 5.75 Å². The van der Waals surface area contributed by atoms with Crippen molar-refractivity contribution in [3.63, 3.8) is 0 Å². The Bertz CT molecular complexity index is 718. The van der Waals surface area contributed by atoms with Gasteiger partial charge in [0.1, 0.15) is 17.5 Å². The number of hydrogen-bond acceptors (Lipinski definition) is 3. The van der Waals surface area contributed by atoms with Crippen molar-refractivity contribution in [2.45, 2.75) is 97.1 Å². The van der Waals surface area contributed by atoms with Crippen LogP contribution < -0.4 is 0 Å². The molecule has 1 aliphatic heterocycles. The van der Waals surface area contributed by atoms with E-state index in [9.17, 15) is 5.11 Å². The maximum atomic E-state index is 10.7. The van der Waals surface area contributed by atoms with Crippen LogP contribution in [0, 0.1) is 11.3 Å². The Hall–Kier alpha value is -1.06. The number of rotatable bonds is 1. The summed E-state index contributed by atoms with van der Waals surface area (Å²) in [6.07, 6.45) is 5.53. The zero-order valence-electron chi connectivity index (χ0n) is 17.2. The molecule has 0 amide bonds. The van der Waals surface area contributed by atoms with Crippen LogP contribution in [0.3, 0.4) is 0 Å². The number of aryl methyl sites for hydroxylation is 1. The Labute approximate surface area is 158 Å². The van der Waals surface area contributed by atoms with Gasteiger partial charge in [0.05, 0.1) is 0 Å². The third-order valence-electron chi connectivity index (χ3n) is 7.10. The van der Waals surface area contributed by atoms with E-state index in [1.54, 1.807) is 0 Å². The standard InChI is InChI=1S/C23H34O3/c1-14(2)16-12-15-8-9-19-21(3,4)10-7-11-23(19)20(17(15)13-18(16)24)25-22(5,6)26-23/h12-14,19-20,24H,7-11H2,1-6H3/t19-,20-,23+/m0/s1. The average Bonchev–Trinajstić information content (AvgIpc) is 2.70. The quantitative estimate of drug-likeness (QED) is 0.684. The van der Waals surface area contributed by atoms with Gasteiger partial charge in [0, 0.05) is 0 Å². The normalized spacial score (nSPS) is 34.7. The predicted octanol–water partition coefficient (Wildman–Crippen LogP) is 5.85. The maximum absolute atomic E-state index is 10.7. The second-order valence-corrected chi connectivity index (χ2v) is 10.2. The number of benzene rings is 1. The minimum Gasteiger partial charge on any atom is -0.508 e. The van der Waals surface area contributed by atoms with Crippen LogP contribution in [0.2, 0.25) is 0 Å². The summed E-state index contributed by atoms with van der Waals surface area (Å²) in [4.78, 5) is 0. The Morgan fingerprint density at radius 1 is 1.12 bits per heavy atom. The van der Waals surface area contributed by atoms with E-state index in [4.69, 9.17) is 9.47 Å². The first-order valence-corrected chi connectivity index (χ1v) is 10.3. The molecule has 0 bridgehead atoms. The number of ether oxygens (including phenoxy) is 2. The molecule has 1 aromatic rings. The topological polar surface area (TPSA) is 38.7 Å². The van der Waals surface area contributed by atoms with Crippen molar-refractivity contribution in [1.82, 2.24) is 0 Å². The molecule has 4 rings (SSSR count). The Morgan fingerprint density at radius 2 is 1.85 bits per heavy atom. The van der Waals surface area contributed by atoms with Gasteiger partial charge < -0.3 is 14.6 Å². The molecule has 2 fully saturated rings. The fourth-order valence-corrected chi connectivity index (χ4v) is 6.04. The average molecular weight is 359 g/mol. The van der Waals surface area contributed by atoms with Gasteiger partial charge in [-0.15, -0.1) is 0 Å². The minimum atomic E-state index is -0.586. The summed E-state index contributed by atoms with van der Waals surface area (Å²) < 4.78 is 13.3. The second-order valence-electron chi connectivity index (χ2n) is 10.2. The number of fused-ring (bicyclic) bond motifs is 2. The van der Waals surface area contributed by atoms with Crippen molar-refractivity contribution in [2.75, 3.05) is 0 Å². The molecule has 26 heavy (non-hydrogen) atoms. The number of phenolic OH excluding ortho intramolecular Hbond substituents is 1. The number of hydrogen-bond donors (Lipinski definition) is 1. The lowest BCUT2D eigenvalue weighted by molar-refractivity contribution is -0.195. The maximum Gasteiger partial charge on any atom is 0.164 e. The Kier molecular flexibility index (Phi) is 4.03. The van der Waals surface area contributed by atoms with Crippen molar-refractivity contribution in [1.29, 1.82) is 0 Å². The second kappa shape index (κ2) is 5.72. The fraction of sp³-hybridized carbons (Fsp3) is 0.739. The SMILES string of the molecule is CC(C)c1cc2c(cc1O)[C@@H]1OC(C)(C)O[C@@]13CCCC(C)(C)[C@@H]3CC2. The lowest BCUT2D eigenvalue weighted by atomic mass is 9.58. The van der Waals surface area contributed by atoms with E-state index in [2.05, 4.69) is 33.8 Å². The molecule has 3 heteroatoms. The number of phenols is 1. The van der Waals surface area contributed by atoms with Crippen molar-refractivity contribution in [3.05, 3.63) is 28.8 Å². The molecular formula is C23H34O3. The highest BCUT2D eigenvalue weighted by atomic mass is 16.8. The molecule has 1 aromatic carbocycles. The van der Waals surface area contributed by atoms with Crippen LogP contribution in [-0.4, -0.2) is 16.5 Å². The van der Waals surface area contributed by atoms with Crippen LogP contribution in [0.4, 0.5) is 0 Å². The van der Waals surface area contributed by atoms with Gasteiger partial charge in [0.15, 0.2) is 5.79 Å². The van der Waals surface area contributed by atoms with Gasteiger partial charge in [-0.2, -0.15) is 0 Å². The molecule has 0 aromatic heterocycles. The van der Waals surface area contributed by atoms with Crippen LogP contribution in [0.25, 0.3) is 0 Å². The highest BCUT2D eigenvalue weighted by Gasteiger charge is 2.63. The highest BCUT2D eigenvalue weighted by Crippen LogP contribution is 2.62. The third-order valence-corrected chi connectivity index (χ3v) is 7.10. The largest absolute Gasteiger partial charge is 0.508 e. The van der Waals surface area contributed by atoms with Gasteiger partial charge in [-0.25, -0.2) is 0 Å². The van der Waals surface area contributed by atoms with E-state index in [0.29, 0.717) is 17.6 Å². The van der Waals surface area contributed by atoms with Crippen LogP contribution in [-0.2, 0) is 15.9 Å². The van der Waals surface area contributed by atoms with Crippen LogP contribution in [0.15, 0.2) is 12.1 Å². The minimum absolute atomic E-state index is 0.0910. The van der Waals surface area contributed by atoms with Crippen molar-refractivity contribution >= 4 is 0 Å². The molecule has 1 spiro atoms. The monoisotopic (exact) mass is 358 g/mol. The predicted molar refractivity (Wildman–Crippen MR) is 103 cm³/mol. The van der Waals surface area contributed by atoms with Crippen LogP contribution >= 0.6 is 0 Å². The first kappa shape index (κ1) is 18.3. The summed E-state index contributed by atoms with van der Waals surface area (Å²) in [5.41, 5.74) is 3.49. The number of aromatic hydroxyl groups is 1. The zero-order chi connectivity index (χ0) is 18.9. The molecule has 3 atom stereocenters. The van der Waals surface area contributed by atoms with Crippen LogP contribution in [0.1, 0.15) is 95.9 Å². The molecule has 3 aliphatic rings. The summed E-state index contributed by atoms with van der Waals surface area (Å²) in [6, 6.07) is 4.20. The molecule has 1 heterocycles. The van der Waals surface area contributed by atoms with E-state index in [1.807, 2.05) is 19.9 Å². The molecule has 1 saturated carbocycles. The summed E-state index contributed by atoms with van der Waals surface area (Å²) in [6.45, 7) is 13.2. The highest BCUT2D eigenvalue weighted by molar-refractivity contribution is 5.46. The molecule has 2 aliphatic carbocycles. The molecule has 0 radical (unpaired) electrons. The van der Waals surface area contributed by atoms with Gasteiger partial charge in [-0.1, -0.05) is 33.8 Å². The molecule has 144 valence electrons. The lowest BCUT2D eigenvalue weighted by Crippen LogP contribution is -2.52. The molecule has 1 saturated heterocycles. The van der Waals surface area contributed by atoms with E-state index in [1.165, 1.54) is 18.4 Å². The fourth-order valence-electron chi connectivity index (χ4n) is 6.04. The van der Waals surface area contributed by atoms with Gasteiger partial charge in [0.2, 0.25) is 0 Å². The van der Waals surface area contributed by atoms with E-state index < -0.39 is 5.79 Å². The van der Waals surface area contributed by atoms with Gasteiger partial charge >= 0.3 is 0 Å². The van der Waals surface area contributed by atoms with Crippen LogP contribution in [0.5, 0.6) is 5.75 Å². The lowest BCUT2D eigenvalue weighted by Gasteiger charge is -2.51. The smallest absolute Gasteiger partial charge is 0.164 e. The third kappa shape index (κ3) is 2.62. The van der Waals surface area contributed by atoms with Gasteiger partial charge in [0.25, 0.3) is 0 Å². The first-order chi connectivity index (χ1) is 12.1. The van der Waals surface area contributed by atoms with E-state index >= 15 is 0 Å². The zero-order valence-corrected chi connectivity index (χ0v) is 17.2. The van der Waals surface area contributed by atoms with Gasteiger partial charge in [-0.05, 0) is 86.0 Å². The summed E-state index contributed by atoms with van der Waals surface area (Å²) >= 11 is 0. The molecule has 3 nitrogen and oxygen atoms in total. The summed E-state index contributed by atoms with van der Waals surface area (Å²) in [5.74, 6) is 0.591. The first-order valence-electron chi connectivity index (χ1n) is 10.3. The van der Waals surface area contributed by atoms with Crippen molar-refractivity contribution in [2.24, 2.45) is 11.3 Å². The Morgan fingerprint density at radius 3 is 2.54 bits per heavy atom. The van der Waals surface area contributed by atoms with E-state index in [-0.39, 0.29) is 17.1 Å². The Balaban J connectivity index is 1.89. The van der Waals surface area contributed by atoms with Crippen molar-refractivity contribution < 1.29 is 14.6 Å². The molecule has 0 unspecified atom stereocenters. The molecule has 1 N–H and O–H groups in total.